The quantitative estimate of drug-likeness (QED) is 0.497. The van der Waals surface area contributed by atoms with E-state index in [1.807, 2.05) is 0 Å². The van der Waals surface area contributed by atoms with Gasteiger partial charge < -0.3 is 21.3 Å². The lowest BCUT2D eigenvalue weighted by atomic mass is 10.2. The molecule has 29 heavy (non-hydrogen) atoms. The lowest BCUT2D eigenvalue weighted by molar-refractivity contribution is -0.122. The van der Waals surface area contributed by atoms with Gasteiger partial charge in [-0.3, -0.25) is 9.59 Å². The van der Waals surface area contributed by atoms with Crippen LogP contribution in [-0.2, 0) is 4.79 Å². The molecule has 152 valence electrons. The van der Waals surface area contributed by atoms with Gasteiger partial charge in [0.05, 0.1) is 10.0 Å². The first-order valence-electron chi connectivity index (χ1n) is 9.11. The zero-order valence-electron chi connectivity index (χ0n) is 15.4. The predicted octanol–water partition coefficient (Wildman–Crippen LogP) is 3.89. The number of amides is 4. The first-order chi connectivity index (χ1) is 13.9. The second-order valence-electron chi connectivity index (χ2n) is 6.61. The van der Waals surface area contributed by atoms with E-state index < -0.39 is 6.03 Å². The van der Waals surface area contributed by atoms with Crippen LogP contribution in [0.15, 0.2) is 42.5 Å². The third kappa shape index (κ3) is 6.37. The Morgan fingerprint density at radius 3 is 2.10 bits per heavy atom. The van der Waals surface area contributed by atoms with Crippen molar-refractivity contribution in [2.24, 2.45) is 5.92 Å². The van der Waals surface area contributed by atoms with E-state index in [0.29, 0.717) is 40.1 Å². The third-order valence-corrected chi connectivity index (χ3v) is 4.98. The van der Waals surface area contributed by atoms with Gasteiger partial charge in [0.15, 0.2) is 0 Å². The summed E-state index contributed by atoms with van der Waals surface area (Å²) in [6.45, 7) is 0.749. The number of carbonyl (C=O) groups excluding carboxylic acids is 3. The molecule has 2 aromatic carbocycles. The summed E-state index contributed by atoms with van der Waals surface area (Å²) >= 11 is 11.8. The van der Waals surface area contributed by atoms with Crippen molar-refractivity contribution in [2.45, 2.75) is 12.8 Å². The molecule has 9 heteroatoms. The Morgan fingerprint density at radius 2 is 1.45 bits per heavy atom. The number of hydrogen-bond donors (Lipinski definition) is 4. The summed E-state index contributed by atoms with van der Waals surface area (Å²) in [7, 11) is 0. The topological polar surface area (TPSA) is 99.3 Å². The molecule has 0 aromatic heterocycles. The summed E-state index contributed by atoms with van der Waals surface area (Å²) in [5.41, 5.74) is 1.48. The summed E-state index contributed by atoms with van der Waals surface area (Å²) in [5.74, 6) is -0.0501. The van der Waals surface area contributed by atoms with Crippen LogP contribution < -0.4 is 21.3 Å². The number of carbonyl (C=O) groups is 3. The molecule has 0 saturated heterocycles. The van der Waals surface area contributed by atoms with Gasteiger partial charge in [0.25, 0.3) is 5.91 Å². The minimum atomic E-state index is -0.452. The molecule has 1 aliphatic carbocycles. The Bertz CT molecular complexity index is 914. The van der Waals surface area contributed by atoms with Crippen molar-refractivity contribution in [3.63, 3.8) is 0 Å². The van der Waals surface area contributed by atoms with Crippen molar-refractivity contribution >= 4 is 52.4 Å². The van der Waals surface area contributed by atoms with Gasteiger partial charge in [-0.05, 0) is 55.3 Å². The van der Waals surface area contributed by atoms with Crippen LogP contribution in [0, 0.1) is 5.92 Å². The van der Waals surface area contributed by atoms with Crippen LogP contribution in [0.5, 0.6) is 0 Å². The Kier molecular flexibility index (Phi) is 6.95. The summed E-state index contributed by atoms with van der Waals surface area (Å²) in [6, 6.07) is 10.8. The van der Waals surface area contributed by atoms with Gasteiger partial charge in [0, 0.05) is 35.9 Å². The van der Waals surface area contributed by atoms with Crippen LogP contribution in [0.4, 0.5) is 16.2 Å². The normalized spacial score (nSPS) is 12.8. The first kappa shape index (κ1) is 21.0. The van der Waals surface area contributed by atoms with Crippen molar-refractivity contribution in [3.05, 3.63) is 58.1 Å². The van der Waals surface area contributed by atoms with E-state index >= 15 is 0 Å². The molecule has 0 radical (unpaired) electrons. The predicted molar refractivity (Wildman–Crippen MR) is 114 cm³/mol. The van der Waals surface area contributed by atoms with Gasteiger partial charge in [-0.2, -0.15) is 0 Å². The van der Waals surface area contributed by atoms with Crippen molar-refractivity contribution < 1.29 is 14.4 Å². The van der Waals surface area contributed by atoms with Gasteiger partial charge >= 0.3 is 6.03 Å². The van der Waals surface area contributed by atoms with E-state index in [0.717, 1.165) is 12.8 Å². The van der Waals surface area contributed by atoms with Gasteiger partial charge in [-0.1, -0.05) is 23.2 Å². The third-order valence-electron chi connectivity index (χ3n) is 4.24. The fourth-order valence-electron chi connectivity index (χ4n) is 2.53. The highest BCUT2D eigenvalue weighted by atomic mass is 35.5. The molecular weight excluding hydrogens is 415 g/mol. The molecule has 2 aromatic rings. The fourth-order valence-corrected chi connectivity index (χ4v) is 2.82. The van der Waals surface area contributed by atoms with E-state index in [-0.39, 0.29) is 17.7 Å². The summed E-state index contributed by atoms with van der Waals surface area (Å²) < 4.78 is 0. The Labute approximate surface area is 178 Å². The lowest BCUT2D eigenvalue weighted by Gasteiger charge is -2.10. The minimum absolute atomic E-state index is 0.0498. The summed E-state index contributed by atoms with van der Waals surface area (Å²) in [5, 5.41) is 11.6. The number of nitrogens with one attached hydrogen (secondary N) is 4. The molecule has 4 amide bonds. The molecule has 1 fully saturated rings. The molecule has 0 unspecified atom stereocenters. The molecule has 0 atom stereocenters. The van der Waals surface area contributed by atoms with Crippen molar-refractivity contribution in [1.29, 1.82) is 0 Å². The van der Waals surface area contributed by atoms with Crippen LogP contribution >= 0.6 is 23.2 Å². The maximum Gasteiger partial charge on any atom is 0.323 e. The van der Waals surface area contributed by atoms with E-state index in [9.17, 15) is 14.4 Å². The Morgan fingerprint density at radius 1 is 0.828 bits per heavy atom. The Balaban J connectivity index is 1.43. The smallest absolute Gasteiger partial charge is 0.323 e. The van der Waals surface area contributed by atoms with Crippen LogP contribution in [0.25, 0.3) is 0 Å². The molecule has 0 bridgehead atoms. The monoisotopic (exact) mass is 434 g/mol. The fraction of sp³-hybridized carbons (Fsp3) is 0.250. The van der Waals surface area contributed by atoms with Crippen molar-refractivity contribution in [2.75, 3.05) is 23.7 Å². The van der Waals surface area contributed by atoms with E-state index in [1.54, 1.807) is 42.5 Å². The van der Waals surface area contributed by atoms with E-state index in [4.69, 9.17) is 23.2 Å². The van der Waals surface area contributed by atoms with Crippen LogP contribution in [-0.4, -0.2) is 30.9 Å². The Hall–Kier alpha value is -2.77. The minimum Gasteiger partial charge on any atom is -0.354 e. The average Bonchev–Trinajstić information content (AvgIpc) is 3.54. The van der Waals surface area contributed by atoms with Gasteiger partial charge in [0.2, 0.25) is 5.91 Å². The molecule has 0 heterocycles. The molecule has 0 aliphatic heterocycles. The van der Waals surface area contributed by atoms with Crippen LogP contribution in [0.2, 0.25) is 10.0 Å². The first-order valence-corrected chi connectivity index (χ1v) is 9.87. The number of hydrogen-bond acceptors (Lipinski definition) is 3. The second kappa shape index (κ2) is 9.62. The molecule has 7 nitrogen and oxygen atoms in total. The maximum absolute atomic E-state index is 12.1. The molecule has 4 N–H and O–H groups in total. The number of benzene rings is 2. The van der Waals surface area contributed by atoms with E-state index in [2.05, 4.69) is 21.3 Å². The lowest BCUT2D eigenvalue weighted by Crippen LogP contribution is -2.35. The maximum atomic E-state index is 12.1. The van der Waals surface area contributed by atoms with Gasteiger partial charge in [-0.25, -0.2) is 4.79 Å². The van der Waals surface area contributed by atoms with Crippen LogP contribution in [0.3, 0.4) is 0 Å². The number of rotatable bonds is 7. The number of urea groups is 1. The number of halogens is 2. The molecule has 3 rings (SSSR count). The van der Waals surface area contributed by atoms with Gasteiger partial charge in [-0.15, -0.1) is 0 Å². The van der Waals surface area contributed by atoms with Crippen LogP contribution in [0.1, 0.15) is 23.2 Å². The van der Waals surface area contributed by atoms with Crippen molar-refractivity contribution in [3.8, 4) is 0 Å². The summed E-state index contributed by atoms with van der Waals surface area (Å²) in [6.07, 6.45) is 1.90. The molecule has 1 saturated carbocycles. The summed E-state index contributed by atoms with van der Waals surface area (Å²) in [4.78, 5) is 35.7. The molecular formula is C20H20Cl2N4O3. The SMILES string of the molecule is O=C(Nc1ccc(C(=O)NCCNC(=O)C2CC2)cc1)Nc1ccc(Cl)c(Cl)c1. The van der Waals surface area contributed by atoms with Gasteiger partial charge in [0.1, 0.15) is 0 Å². The van der Waals surface area contributed by atoms with E-state index in [1.165, 1.54) is 0 Å². The highest BCUT2D eigenvalue weighted by molar-refractivity contribution is 6.42. The molecule has 1 aliphatic rings. The highest BCUT2D eigenvalue weighted by Crippen LogP contribution is 2.28. The largest absolute Gasteiger partial charge is 0.354 e. The highest BCUT2D eigenvalue weighted by Gasteiger charge is 2.28. The number of anilines is 2. The second-order valence-corrected chi connectivity index (χ2v) is 7.42. The zero-order chi connectivity index (χ0) is 20.8. The molecule has 0 spiro atoms. The zero-order valence-corrected chi connectivity index (χ0v) is 16.9. The average molecular weight is 435 g/mol. The van der Waals surface area contributed by atoms with Crippen molar-refractivity contribution in [1.82, 2.24) is 10.6 Å². The standard InChI is InChI=1S/C20H20Cl2N4O3/c21-16-8-7-15(11-17(16)22)26-20(29)25-14-5-3-13(4-6-14)19(28)24-10-9-23-18(27)12-1-2-12/h3-8,11-12H,1-2,9-10H2,(H,23,27)(H,24,28)(H2,25,26,29).